The van der Waals surface area contributed by atoms with Crippen LogP contribution in [-0.4, -0.2) is 56.9 Å². The molecule has 0 aromatic heterocycles. The highest BCUT2D eigenvalue weighted by Gasteiger charge is 2.49. The second-order valence-corrected chi connectivity index (χ2v) is 12.7. The quantitative estimate of drug-likeness (QED) is 0.336. The first-order valence-electron chi connectivity index (χ1n) is 14.7. The van der Waals surface area contributed by atoms with Crippen LogP contribution in [0.4, 0.5) is 0 Å². The molecule has 2 aromatic carbocycles. The number of ether oxygens (including phenoxy) is 3. The van der Waals surface area contributed by atoms with Crippen LogP contribution >= 0.6 is 0 Å². The number of carbonyl (C=O) groups is 2. The maximum Gasteiger partial charge on any atom is 0.323 e. The van der Waals surface area contributed by atoms with E-state index in [0.717, 1.165) is 36.8 Å². The number of amides is 1. The van der Waals surface area contributed by atoms with Gasteiger partial charge in [0.2, 0.25) is 0 Å². The standard InChI is InChI=1S/C33H45NO7/c1-21(2)39-27-11-8-7-10-24(27)19-34(20-29(35)36)31(37)23-13-15-28-25(18-23)30-26(14-12-22(3)40-30)33(6,41-28)17-9-16-32(4,5)38/h7-8,10-11,13,15,18,21-22,26,30,38H,9,12,14,16-17,19-20H2,1-6H3,(H,35,36)/t22-,26-,30+,33+/m1/s1. The number of rotatable bonds is 11. The molecule has 8 heteroatoms. The maximum absolute atomic E-state index is 13.8. The number of benzene rings is 2. The molecule has 0 bridgehead atoms. The summed E-state index contributed by atoms with van der Waals surface area (Å²) in [6.45, 7) is 11.3. The average molecular weight is 568 g/mol. The first kappa shape index (κ1) is 30.8. The molecular weight excluding hydrogens is 522 g/mol. The maximum atomic E-state index is 13.8. The van der Waals surface area contributed by atoms with Crippen molar-refractivity contribution in [1.82, 2.24) is 4.90 Å². The lowest BCUT2D eigenvalue weighted by Gasteiger charge is -2.50. The number of fused-ring (bicyclic) bond motifs is 3. The Morgan fingerprint density at radius 3 is 2.59 bits per heavy atom. The molecule has 224 valence electrons. The third-order valence-corrected chi connectivity index (χ3v) is 8.09. The SMILES string of the molecule is CC(C)Oc1ccccc1CN(CC(=O)O)C(=O)c1ccc2c(c1)[C@@H]1O[C@H](C)CC[C@H]1[C@](C)(CCCC(C)(C)O)O2. The molecule has 0 radical (unpaired) electrons. The van der Waals surface area contributed by atoms with Crippen molar-refractivity contribution in [3.63, 3.8) is 0 Å². The number of carboxylic acids is 1. The molecule has 4 rings (SSSR count). The van der Waals surface area contributed by atoms with Gasteiger partial charge in [0.25, 0.3) is 5.91 Å². The third kappa shape index (κ3) is 7.60. The molecule has 2 aliphatic rings. The number of carboxylic acid groups (broad SMARTS) is 1. The van der Waals surface area contributed by atoms with Crippen molar-refractivity contribution in [1.29, 1.82) is 0 Å². The minimum atomic E-state index is -1.09. The molecule has 0 spiro atoms. The summed E-state index contributed by atoms with van der Waals surface area (Å²) in [4.78, 5) is 26.9. The Hall–Kier alpha value is -3.10. The van der Waals surface area contributed by atoms with E-state index in [4.69, 9.17) is 14.2 Å². The first-order chi connectivity index (χ1) is 19.3. The second-order valence-electron chi connectivity index (χ2n) is 12.7. The molecule has 41 heavy (non-hydrogen) atoms. The summed E-state index contributed by atoms with van der Waals surface area (Å²) in [6.07, 6.45) is 3.89. The molecule has 0 saturated carbocycles. The third-order valence-electron chi connectivity index (χ3n) is 8.09. The minimum absolute atomic E-state index is 0.0629. The van der Waals surface area contributed by atoms with Gasteiger partial charge in [-0.05, 0) is 97.9 Å². The largest absolute Gasteiger partial charge is 0.491 e. The van der Waals surface area contributed by atoms with Crippen molar-refractivity contribution in [2.24, 2.45) is 5.92 Å². The highest BCUT2D eigenvalue weighted by molar-refractivity contribution is 5.96. The number of hydrogen-bond acceptors (Lipinski definition) is 6. The minimum Gasteiger partial charge on any atom is -0.491 e. The van der Waals surface area contributed by atoms with Crippen LogP contribution in [-0.2, 0) is 16.1 Å². The van der Waals surface area contributed by atoms with Crippen LogP contribution in [0.25, 0.3) is 0 Å². The molecule has 4 atom stereocenters. The molecule has 0 aliphatic carbocycles. The Morgan fingerprint density at radius 2 is 1.90 bits per heavy atom. The number of nitrogens with zero attached hydrogens (tertiary/aromatic N) is 1. The van der Waals surface area contributed by atoms with Crippen molar-refractivity contribution in [3.05, 3.63) is 59.2 Å². The molecule has 0 unspecified atom stereocenters. The summed E-state index contributed by atoms with van der Waals surface area (Å²) in [5.74, 6) is -0.0702. The van der Waals surface area contributed by atoms with E-state index < -0.39 is 23.7 Å². The highest BCUT2D eigenvalue weighted by atomic mass is 16.5. The second kappa shape index (κ2) is 12.4. The van der Waals surface area contributed by atoms with Gasteiger partial charge in [-0.1, -0.05) is 18.2 Å². The molecule has 1 amide bonds. The van der Waals surface area contributed by atoms with E-state index in [0.29, 0.717) is 23.5 Å². The number of hydrogen-bond donors (Lipinski definition) is 2. The van der Waals surface area contributed by atoms with E-state index in [1.165, 1.54) is 4.90 Å². The predicted molar refractivity (Wildman–Crippen MR) is 156 cm³/mol. The van der Waals surface area contributed by atoms with Crippen LogP contribution in [0.15, 0.2) is 42.5 Å². The van der Waals surface area contributed by atoms with E-state index >= 15 is 0 Å². The predicted octanol–water partition coefficient (Wildman–Crippen LogP) is 6.15. The zero-order valence-electron chi connectivity index (χ0n) is 25.2. The lowest BCUT2D eigenvalue weighted by atomic mass is 9.72. The molecular formula is C33H45NO7. The average Bonchev–Trinajstić information content (AvgIpc) is 2.87. The van der Waals surface area contributed by atoms with Gasteiger partial charge in [-0.2, -0.15) is 0 Å². The van der Waals surface area contributed by atoms with Crippen LogP contribution in [0.1, 0.15) is 101 Å². The first-order valence-corrected chi connectivity index (χ1v) is 14.7. The molecule has 1 fully saturated rings. The van der Waals surface area contributed by atoms with Crippen LogP contribution in [0, 0.1) is 5.92 Å². The van der Waals surface area contributed by atoms with E-state index in [2.05, 4.69) is 13.8 Å². The summed E-state index contributed by atoms with van der Waals surface area (Å²) in [7, 11) is 0. The summed E-state index contributed by atoms with van der Waals surface area (Å²) in [5, 5.41) is 19.9. The number of para-hydroxylation sites is 1. The fourth-order valence-corrected chi connectivity index (χ4v) is 6.08. The molecule has 2 N–H and O–H groups in total. The summed E-state index contributed by atoms with van der Waals surface area (Å²) in [5.41, 5.74) is 0.749. The van der Waals surface area contributed by atoms with Crippen molar-refractivity contribution >= 4 is 11.9 Å². The normalized spacial score (nSPS) is 23.8. The van der Waals surface area contributed by atoms with E-state index in [9.17, 15) is 19.8 Å². The Balaban J connectivity index is 1.63. The van der Waals surface area contributed by atoms with E-state index in [1.54, 1.807) is 6.07 Å². The van der Waals surface area contributed by atoms with Crippen LogP contribution in [0.2, 0.25) is 0 Å². The number of aliphatic hydroxyl groups is 1. The molecule has 2 aromatic rings. The fourth-order valence-electron chi connectivity index (χ4n) is 6.08. The fraction of sp³-hybridized carbons (Fsp3) is 0.576. The van der Waals surface area contributed by atoms with Gasteiger partial charge in [0.1, 0.15) is 23.6 Å². The Kier molecular flexibility index (Phi) is 9.34. The summed E-state index contributed by atoms with van der Waals surface area (Å²) >= 11 is 0. The van der Waals surface area contributed by atoms with Gasteiger partial charge in [0.05, 0.1) is 30.5 Å². The van der Waals surface area contributed by atoms with Crippen LogP contribution in [0.3, 0.4) is 0 Å². The monoisotopic (exact) mass is 567 g/mol. The molecule has 1 saturated heterocycles. The Morgan fingerprint density at radius 1 is 1.17 bits per heavy atom. The topological polar surface area (TPSA) is 106 Å². The Labute approximate surface area is 243 Å². The van der Waals surface area contributed by atoms with Gasteiger partial charge in [-0.25, -0.2) is 0 Å². The molecule has 2 heterocycles. The van der Waals surface area contributed by atoms with Crippen molar-refractivity contribution in [3.8, 4) is 11.5 Å². The van der Waals surface area contributed by atoms with Gasteiger partial charge in [-0.15, -0.1) is 0 Å². The van der Waals surface area contributed by atoms with E-state index in [1.807, 2.05) is 64.1 Å². The van der Waals surface area contributed by atoms with Crippen LogP contribution in [0.5, 0.6) is 11.5 Å². The number of aliphatic carboxylic acids is 1. The van der Waals surface area contributed by atoms with Crippen molar-refractivity contribution < 1.29 is 34.0 Å². The van der Waals surface area contributed by atoms with Crippen molar-refractivity contribution in [2.75, 3.05) is 6.54 Å². The van der Waals surface area contributed by atoms with Crippen molar-refractivity contribution in [2.45, 2.75) is 110 Å². The summed E-state index contributed by atoms with van der Waals surface area (Å²) < 4.78 is 19.1. The lowest BCUT2D eigenvalue weighted by molar-refractivity contribution is -0.153. The zero-order valence-corrected chi connectivity index (χ0v) is 25.2. The van der Waals surface area contributed by atoms with Gasteiger partial charge in [0.15, 0.2) is 0 Å². The lowest BCUT2D eigenvalue weighted by Crippen LogP contribution is -2.50. The summed E-state index contributed by atoms with van der Waals surface area (Å²) in [6, 6.07) is 12.7. The van der Waals surface area contributed by atoms with Gasteiger partial charge in [0, 0.05) is 22.6 Å². The smallest absolute Gasteiger partial charge is 0.323 e. The van der Waals surface area contributed by atoms with E-state index in [-0.39, 0.29) is 36.7 Å². The molecule has 2 aliphatic heterocycles. The van der Waals surface area contributed by atoms with Gasteiger partial charge < -0.3 is 29.3 Å². The van der Waals surface area contributed by atoms with Gasteiger partial charge >= 0.3 is 5.97 Å². The zero-order chi connectivity index (χ0) is 29.9. The van der Waals surface area contributed by atoms with Crippen LogP contribution < -0.4 is 9.47 Å². The molecule has 8 nitrogen and oxygen atoms in total. The Bertz CT molecular complexity index is 1240. The number of carbonyl (C=O) groups excluding carboxylic acids is 1. The highest BCUT2D eigenvalue weighted by Crippen LogP contribution is 2.52. The van der Waals surface area contributed by atoms with Gasteiger partial charge in [-0.3, -0.25) is 9.59 Å².